The number of fused-ring (bicyclic) bond motifs is 1. The zero-order valence-electron chi connectivity index (χ0n) is 17.3. The van der Waals surface area contributed by atoms with Gasteiger partial charge in [-0.25, -0.2) is 4.98 Å². The van der Waals surface area contributed by atoms with Crippen LogP contribution in [-0.2, 0) is 24.3 Å². The Morgan fingerprint density at radius 1 is 1.28 bits per heavy atom. The number of ether oxygens (including phenoxy) is 1. The van der Waals surface area contributed by atoms with E-state index in [9.17, 15) is 4.79 Å². The average Bonchev–Trinajstić information content (AvgIpc) is 3.30. The van der Waals surface area contributed by atoms with Crippen molar-refractivity contribution in [1.82, 2.24) is 19.7 Å². The van der Waals surface area contributed by atoms with Crippen molar-refractivity contribution in [1.29, 1.82) is 0 Å². The third-order valence-corrected chi connectivity index (χ3v) is 5.26. The topological polar surface area (TPSA) is 73.4 Å². The summed E-state index contributed by atoms with van der Waals surface area (Å²) in [5, 5.41) is 4.73. The van der Waals surface area contributed by atoms with Gasteiger partial charge in [-0.15, -0.1) is 0 Å². The molecule has 0 radical (unpaired) electrons. The lowest BCUT2D eigenvalue weighted by Crippen LogP contribution is -2.38. The summed E-state index contributed by atoms with van der Waals surface area (Å²) in [6.07, 6.45) is 0.728. The highest BCUT2D eigenvalue weighted by atomic mass is 16.5. The van der Waals surface area contributed by atoms with Crippen LogP contribution in [0.25, 0.3) is 11.3 Å². The molecule has 0 saturated heterocycles. The molecule has 29 heavy (non-hydrogen) atoms. The Kier molecular flexibility index (Phi) is 5.13. The minimum Gasteiger partial charge on any atom is -0.497 e. The van der Waals surface area contributed by atoms with Gasteiger partial charge in [-0.2, -0.15) is 5.10 Å². The number of benzene rings is 1. The summed E-state index contributed by atoms with van der Waals surface area (Å²) >= 11 is 0. The first-order valence-electron chi connectivity index (χ1n) is 9.89. The van der Waals surface area contributed by atoms with E-state index in [0.29, 0.717) is 19.0 Å². The maximum Gasteiger partial charge on any atom is 0.244 e. The highest BCUT2D eigenvalue weighted by molar-refractivity contribution is 5.76. The summed E-state index contributed by atoms with van der Waals surface area (Å²) in [6.45, 7) is 7.40. The third kappa shape index (κ3) is 3.90. The number of nitrogens with zero attached hydrogens (tertiary/aromatic N) is 4. The molecular weight excluding hydrogens is 368 g/mol. The highest BCUT2D eigenvalue weighted by Crippen LogP contribution is 2.26. The number of aryl methyl sites for hydroxylation is 1. The number of oxazole rings is 1. The van der Waals surface area contributed by atoms with Gasteiger partial charge in [-0.1, -0.05) is 13.8 Å². The number of methoxy groups -OCH3 is 1. The Labute approximate surface area is 170 Å². The second-order valence-electron chi connectivity index (χ2n) is 7.66. The van der Waals surface area contributed by atoms with E-state index in [1.165, 1.54) is 0 Å². The van der Waals surface area contributed by atoms with Crippen molar-refractivity contribution in [2.45, 2.75) is 46.2 Å². The number of rotatable bonds is 5. The maximum atomic E-state index is 13.0. The predicted molar refractivity (Wildman–Crippen MR) is 109 cm³/mol. The molecule has 1 aliphatic heterocycles. The molecule has 7 heteroatoms. The standard InChI is InChI=1S/C22H26N4O3/c1-14(2)20-11-19(16-5-7-17(28-4)8-6-16)24-26(20)13-22(27)25-10-9-18-21(12-25)29-15(3)23-18/h5-8,11,14H,9-10,12-13H2,1-4H3. The maximum absolute atomic E-state index is 13.0. The Balaban J connectivity index is 1.54. The summed E-state index contributed by atoms with van der Waals surface area (Å²) in [5.74, 6) is 2.55. The molecule has 2 aromatic heterocycles. The lowest BCUT2D eigenvalue weighted by atomic mass is 10.1. The van der Waals surface area contributed by atoms with E-state index in [1.807, 2.05) is 40.8 Å². The molecule has 0 bridgehead atoms. The van der Waals surface area contributed by atoms with Gasteiger partial charge >= 0.3 is 0 Å². The van der Waals surface area contributed by atoms with Crippen LogP contribution in [-0.4, -0.2) is 39.2 Å². The van der Waals surface area contributed by atoms with Crippen molar-refractivity contribution in [3.8, 4) is 17.0 Å². The van der Waals surface area contributed by atoms with Crippen molar-refractivity contribution in [3.63, 3.8) is 0 Å². The van der Waals surface area contributed by atoms with E-state index in [0.717, 1.165) is 40.6 Å². The van der Waals surface area contributed by atoms with E-state index in [2.05, 4.69) is 24.9 Å². The van der Waals surface area contributed by atoms with Crippen LogP contribution in [0.15, 0.2) is 34.7 Å². The first-order chi connectivity index (χ1) is 13.9. The van der Waals surface area contributed by atoms with Crippen LogP contribution in [0.1, 0.15) is 42.8 Å². The smallest absolute Gasteiger partial charge is 0.244 e. The van der Waals surface area contributed by atoms with Crippen molar-refractivity contribution in [2.24, 2.45) is 0 Å². The number of aromatic nitrogens is 3. The van der Waals surface area contributed by atoms with Gasteiger partial charge in [0.25, 0.3) is 0 Å². The molecule has 1 amide bonds. The molecule has 4 rings (SSSR count). The summed E-state index contributed by atoms with van der Waals surface area (Å²) in [7, 11) is 1.65. The van der Waals surface area contributed by atoms with E-state index < -0.39 is 0 Å². The Morgan fingerprint density at radius 2 is 2.03 bits per heavy atom. The van der Waals surface area contributed by atoms with E-state index >= 15 is 0 Å². The second-order valence-corrected chi connectivity index (χ2v) is 7.66. The molecule has 1 aromatic carbocycles. The van der Waals surface area contributed by atoms with E-state index in [-0.39, 0.29) is 18.4 Å². The molecular formula is C22H26N4O3. The highest BCUT2D eigenvalue weighted by Gasteiger charge is 2.26. The number of carbonyl (C=O) groups is 1. The lowest BCUT2D eigenvalue weighted by Gasteiger charge is -2.25. The van der Waals surface area contributed by atoms with Crippen LogP contribution < -0.4 is 4.74 Å². The minimum atomic E-state index is 0.0379. The summed E-state index contributed by atoms with van der Waals surface area (Å²) in [6, 6.07) is 9.86. The third-order valence-electron chi connectivity index (χ3n) is 5.26. The quantitative estimate of drug-likeness (QED) is 0.661. The van der Waals surface area contributed by atoms with Crippen LogP contribution in [0.2, 0.25) is 0 Å². The summed E-state index contributed by atoms with van der Waals surface area (Å²) < 4.78 is 12.7. The van der Waals surface area contributed by atoms with Gasteiger partial charge in [0.2, 0.25) is 5.91 Å². The van der Waals surface area contributed by atoms with Gasteiger partial charge in [0.05, 0.1) is 25.0 Å². The second kappa shape index (κ2) is 7.73. The average molecular weight is 394 g/mol. The van der Waals surface area contributed by atoms with Crippen LogP contribution in [0.5, 0.6) is 5.75 Å². The van der Waals surface area contributed by atoms with Gasteiger partial charge in [0.15, 0.2) is 5.89 Å². The van der Waals surface area contributed by atoms with Gasteiger partial charge in [-0.05, 0) is 36.2 Å². The molecule has 3 heterocycles. The molecule has 0 fully saturated rings. The summed E-state index contributed by atoms with van der Waals surface area (Å²) in [4.78, 5) is 19.2. The minimum absolute atomic E-state index is 0.0379. The predicted octanol–water partition coefficient (Wildman–Crippen LogP) is 3.56. The molecule has 152 valence electrons. The zero-order chi connectivity index (χ0) is 20.5. The molecule has 7 nitrogen and oxygen atoms in total. The molecule has 1 aliphatic rings. The first-order valence-corrected chi connectivity index (χ1v) is 9.89. The fourth-order valence-electron chi connectivity index (χ4n) is 3.69. The summed E-state index contributed by atoms with van der Waals surface area (Å²) in [5.41, 5.74) is 3.86. The Morgan fingerprint density at radius 3 is 2.72 bits per heavy atom. The van der Waals surface area contributed by atoms with Crippen LogP contribution in [0.4, 0.5) is 0 Å². The van der Waals surface area contributed by atoms with Crippen LogP contribution in [0, 0.1) is 6.92 Å². The number of carbonyl (C=O) groups excluding carboxylic acids is 1. The largest absolute Gasteiger partial charge is 0.497 e. The molecule has 0 unspecified atom stereocenters. The molecule has 0 aliphatic carbocycles. The van der Waals surface area contributed by atoms with Crippen LogP contribution in [0.3, 0.4) is 0 Å². The zero-order valence-corrected chi connectivity index (χ0v) is 17.3. The fourth-order valence-corrected chi connectivity index (χ4v) is 3.69. The monoisotopic (exact) mass is 394 g/mol. The SMILES string of the molecule is COc1ccc(-c2cc(C(C)C)n(CC(=O)N3CCc4nc(C)oc4C3)n2)cc1. The molecule has 3 aromatic rings. The van der Waals surface area contributed by atoms with Crippen molar-refractivity contribution in [2.75, 3.05) is 13.7 Å². The van der Waals surface area contributed by atoms with Crippen molar-refractivity contribution >= 4 is 5.91 Å². The Hall–Kier alpha value is -3.09. The molecule has 0 spiro atoms. The number of amides is 1. The lowest BCUT2D eigenvalue weighted by molar-refractivity contribution is -0.133. The van der Waals surface area contributed by atoms with Gasteiger partial charge in [-0.3, -0.25) is 9.48 Å². The Bertz CT molecular complexity index is 1020. The van der Waals surface area contributed by atoms with Crippen molar-refractivity contribution < 1.29 is 13.9 Å². The van der Waals surface area contributed by atoms with Gasteiger partial charge < -0.3 is 14.1 Å². The molecule has 0 N–H and O–H groups in total. The van der Waals surface area contributed by atoms with Gasteiger partial charge in [0, 0.05) is 31.1 Å². The first kappa shape index (κ1) is 19.2. The van der Waals surface area contributed by atoms with E-state index in [1.54, 1.807) is 7.11 Å². The van der Waals surface area contributed by atoms with Crippen LogP contribution >= 0.6 is 0 Å². The van der Waals surface area contributed by atoms with Gasteiger partial charge in [0.1, 0.15) is 18.1 Å². The fraction of sp³-hybridized carbons (Fsp3) is 0.409. The number of hydrogen-bond donors (Lipinski definition) is 0. The normalized spacial score (nSPS) is 13.6. The molecule has 0 saturated carbocycles. The van der Waals surface area contributed by atoms with Crippen molar-refractivity contribution in [3.05, 3.63) is 53.4 Å². The number of hydrogen-bond acceptors (Lipinski definition) is 5. The van der Waals surface area contributed by atoms with E-state index in [4.69, 9.17) is 14.3 Å². The molecule has 0 atom stereocenters.